The van der Waals surface area contributed by atoms with E-state index in [2.05, 4.69) is 25.4 Å². The number of thiazole rings is 1. The Bertz CT molecular complexity index is 1300. The van der Waals surface area contributed by atoms with E-state index in [9.17, 15) is 9.59 Å². The van der Waals surface area contributed by atoms with E-state index in [4.69, 9.17) is 4.52 Å². The molecule has 32 heavy (non-hydrogen) atoms. The van der Waals surface area contributed by atoms with E-state index in [0.29, 0.717) is 27.2 Å². The van der Waals surface area contributed by atoms with Gasteiger partial charge in [0.15, 0.2) is 11.6 Å². The molecule has 0 fully saturated rings. The van der Waals surface area contributed by atoms with E-state index >= 15 is 0 Å². The van der Waals surface area contributed by atoms with Gasteiger partial charge < -0.3 is 14.4 Å². The number of aromatic nitrogens is 5. The largest absolute Gasteiger partial charge is 0.359 e. The van der Waals surface area contributed by atoms with Crippen molar-refractivity contribution >= 4 is 39.9 Å². The number of anilines is 1. The number of aryl methyl sites for hydroxylation is 1. The zero-order chi connectivity index (χ0) is 23.0. The number of rotatable bonds is 6. The summed E-state index contributed by atoms with van der Waals surface area (Å²) < 4.78 is 7.15. The van der Waals surface area contributed by atoms with Crippen molar-refractivity contribution in [2.24, 2.45) is 7.05 Å². The predicted octanol–water partition coefficient (Wildman–Crippen LogP) is 4.34. The van der Waals surface area contributed by atoms with Gasteiger partial charge in [-0.2, -0.15) is 0 Å². The summed E-state index contributed by atoms with van der Waals surface area (Å²) in [5.41, 5.74) is 1.79. The number of ketones is 1. The molecule has 4 heterocycles. The topological polar surface area (TPSA) is 116 Å². The second-order valence-corrected chi connectivity index (χ2v) is 9.85. The first kappa shape index (κ1) is 21.8. The number of carbonyl (C=O) groups excluding carboxylic acids is 2. The fourth-order valence-corrected chi connectivity index (χ4v) is 4.00. The number of amides is 1. The third-order valence-corrected chi connectivity index (χ3v) is 6.28. The molecular weight excluding hydrogens is 428 g/mol. The fraction of sp³-hybridized carbons (Fsp3) is 0.364. The molecule has 1 amide bonds. The molecule has 1 N–H and O–H groups in total. The van der Waals surface area contributed by atoms with Gasteiger partial charge in [-0.05, 0) is 6.07 Å². The number of Topliss-reactive ketones (excluding diaryl/α,β-unsaturated/α-hetero) is 1. The fourth-order valence-electron chi connectivity index (χ4n) is 3.14. The minimum Gasteiger partial charge on any atom is -0.359 e. The van der Waals surface area contributed by atoms with E-state index < -0.39 is 0 Å². The number of nitrogens with zero attached hydrogens (tertiary/aromatic N) is 5. The van der Waals surface area contributed by atoms with Gasteiger partial charge in [-0.15, -0.1) is 11.3 Å². The lowest BCUT2D eigenvalue weighted by atomic mass is 9.93. The number of hydrogen-bond donors (Lipinski definition) is 1. The Kier molecular flexibility index (Phi) is 5.64. The van der Waals surface area contributed by atoms with Crippen LogP contribution in [-0.2, 0) is 12.5 Å². The molecule has 0 radical (unpaired) electrons. The quantitative estimate of drug-likeness (QED) is 0.433. The third-order valence-electron chi connectivity index (χ3n) is 5.05. The molecule has 1 atom stereocenters. The van der Waals surface area contributed by atoms with E-state index in [1.54, 1.807) is 24.7 Å². The molecule has 0 bridgehead atoms. The maximum atomic E-state index is 12.8. The first-order valence-corrected chi connectivity index (χ1v) is 11.0. The minimum atomic E-state index is -0.315. The second kappa shape index (κ2) is 8.27. The van der Waals surface area contributed by atoms with Gasteiger partial charge in [-0.1, -0.05) is 32.9 Å². The molecule has 0 aliphatic rings. The molecule has 0 saturated heterocycles. The Morgan fingerprint density at radius 2 is 1.97 bits per heavy atom. The van der Waals surface area contributed by atoms with Crippen LogP contribution in [0.15, 0.2) is 35.4 Å². The van der Waals surface area contributed by atoms with Gasteiger partial charge in [-0.25, -0.2) is 9.97 Å². The predicted molar refractivity (Wildman–Crippen MR) is 121 cm³/mol. The summed E-state index contributed by atoms with van der Waals surface area (Å²) in [5, 5.41) is 7.35. The number of imidazole rings is 1. The van der Waals surface area contributed by atoms with Gasteiger partial charge in [-0.3, -0.25) is 14.6 Å². The van der Waals surface area contributed by atoms with Gasteiger partial charge in [0.25, 0.3) is 5.91 Å². The van der Waals surface area contributed by atoms with Gasteiger partial charge in [0.05, 0.1) is 29.2 Å². The smallest absolute Gasteiger partial charge is 0.268 e. The summed E-state index contributed by atoms with van der Waals surface area (Å²) in [6.45, 7) is 7.92. The first-order chi connectivity index (χ1) is 15.1. The average Bonchev–Trinajstić information content (AvgIpc) is 3.47. The highest BCUT2D eigenvalue weighted by atomic mass is 32.1. The van der Waals surface area contributed by atoms with Gasteiger partial charge in [0, 0.05) is 30.9 Å². The summed E-state index contributed by atoms with van der Waals surface area (Å²) in [5.74, 6) is 0.485. The second-order valence-electron chi connectivity index (χ2n) is 8.79. The van der Waals surface area contributed by atoms with Gasteiger partial charge >= 0.3 is 0 Å². The standard InChI is InChI=1S/C22H24N6O3S/c1-12(6-16(29)13-7-15-14(9-23-13)25-11-28(15)5)21-24-10-17(32-21)20(30)26-19-8-18(31-27-19)22(2,3)4/h7-12H,6H2,1-5H3,(H,26,27,30). The van der Waals surface area contributed by atoms with Crippen molar-refractivity contribution in [2.45, 2.75) is 45.4 Å². The lowest BCUT2D eigenvalue weighted by molar-refractivity contribution is 0.0970. The summed E-state index contributed by atoms with van der Waals surface area (Å²) in [6, 6.07) is 3.47. The van der Waals surface area contributed by atoms with E-state index in [1.807, 2.05) is 39.3 Å². The van der Waals surface area contributed by atoms with Crippen LogP contribution in [0, 0.1) is 0 Å². The van der Waals surface area contributed by atoms with Crippen LogP contribution in [0.1, 0.15) is 71.0 Å². The number of carbonyl (C=O) groups is 2. The molecule has 0 aliphatic heterocycles. The molecule has 0 spiro atoms. The van der Waals surface area contributed by atoms with Crippen LogP contribution >= 0.6 is 11.3 Å². The molecule has 4 aromatic rings. The molecular formula is C22H24N6O3S. The van der Waals surface area contributed by atoms with Crippen LogP contribution < -0.4 is 5.32 Å². The van der Waals surface area contributed by atoms with Crippen LogP contribution in [0.4, 0.5) is 5.82 Å². The monoisotopic (exact) mass is 452 g/mol. The molecule has 4 rings (SSSR count). The summed E-state index contributed by atoms with van der Waals surface area (Å²) in [6.07, 6.45) is 5.05. The summed E-state index contributed by atoms with van der Waals surface area (Å²) >= 11 is 1.26. The SMILES string of the molecule is CC(CC(=O)c1cc2c(cn1)ncn2C)c1ncc(C(=O)Nc2cc(C(C)(C)C)on2)s1. The Labute approximate surface area is 188 Å². The molecule has 9 nitrogen and oxygen atoms in total. The van der Waals surface area contributed by atoms with Crippen LogP contribution in [0.25, 0.3) is 11.0 Å². The van der Waals surface area contributed by atoms with Gasteiger partial charge in [0.1, 0.15) is 21.8 Å². The van der Waals surface area contributed by atoms with Crippen molar-refractivity contribution in [3.8, 4) is 0 Å². The van der Waals surface area contributed by atoms with E-state index in [1.165, 1.54) is 17.5 Å². The van der Waals surface area contributed by atoms with Crippen molar-refractivity contribution in [3.05, 3.63) is 52.2 Å². The number of pyridine rings is 1. The molecule has 4 aromatic heterocycles. The molecule has 166 valence electrons. The highest BCUT2D eigenvalue weighted by Gasteiger charge is 2.22. The summed E-state index contributed by atoms with van der Waals surface area (Å²) in [7, 11) is 1.87. The molecule has 10 heteroatoms. The van der Waals surface area contributed by atoms with E-state index in [0.717, 1.165) is 11.0 Å². The summed E-state index contributed by atoms with van der Waals surface area (Å²) in [4.78, 5) is 38.6. The number of hydrogen-bond acceptors (Lipinski definition) is 8. The lowest BCUT2D eigenvalue weighted by Gasteiger charge is -2.11. The van der Waals surface area contributed by atoms with Crippen LogP contribution in [0.2, 0.25) is 0 Å². The Balaban J connectivity index is 1.41. The molecule has 0 saturated carbocycles. The van der Waals surface area contributed by atoms with Crippen molar-refractivity contribution < 1.29 is 14.1 Å². The van der Waals surface area contributed by atoms with Crippen LogP contribution in [-0.4, -0.2) is 36.4 Å². The number of fused-ring (bicyclic) bond motifs is 1. The molecule has 1 unspecified atom stereocenters. The normalized spacial score (nSPS) is 12.8. The van der Waals surface area contributed by atoms with Gasteiger partial charge in [0.2, 0.25) is 0 Å². The zero-order valence-electron chi connectivity index (χ0n) is 18.5. The number of nitrogens with one attached hydrogen (secondary N) is 1. The third kappa shape index (κ3) is 4.45. The van der Waals surface area contributed by atoms with Crippen molar-refractivity contribution in [2.75, 3.05) is 5.32 Å². The van der Waals surface area contributed by atoms with Crippen molar-refractivity contribution in [3.63, 3.8) is 0 Å². The Hall–Kier alpha value is -3.40. The lowest BCUT2D eigenvalue weighted by Crippen LogP contribution is -2.11. The van der Waals surface area contributed by atoms with Crippen LogP contribution in [0.5, 0.6) is 0 Å². The minimum absolute atomic E-state index is 0.0842. The average molecular weight is 453 g/mol. The van der Waals surface area contributed by atoms with Crippen LogP contribution in [0.3, 0.4) is 0 Å². The van der Waals surface area contributed by atoms with Crippen molar-refractivity contribution in [1.29, 1.82) is 0 Å². The van der Waals surface area contributed by atoms with E-state index in [-0.39, 0.29) is 29.4 Å². The Morgan fingerprint density at radius 1 is 1.19 bits per heavy atom. The highest BCUT2D eigenvalue weighted by Crippen LogP contribution is 2.28. The first-order valence-electron chi connectivity index (χ1n) is 10.2. The Morgan fingerprint density at radius 3 is 2.69 bits per heavy atom. The molecule has 0 aromatic carbocycles. The zero-order valence-corrected chi connectivity index (χ0v) is 19.4. The molecule has 0 aliphatic carbocycles. The van der Waals surface area contributed by atoms with Crippen molar-refractivity contribution in [1.82, 2.24) is 24.7 Å². The maximum Gasteiger partial charge on any atom is 0.268 e. The maximum absolute atomic E-state index is 12.8. The highest BCUT2D eigenvalue weighted by molar-refractivity contribution is 7.13.